The lowest BCUT2D eigenvalue weighted by atomic mass is 10.1. The predicted octanol–water partition coefficient (Wildman–Crippen LogP) is 2.71. The van der Waals surface area contributed by atoms with Gasteiger partial charge in [-0.3, -0.25) is 9.59 Å². The molecule has 0 unspecified atom stereocenters. The summed E-state index contributed by atoms with van der Waals surface area (Å²) in [5, 5.41) is 10.3. The molecule has 156 valence electrons. The SMILES string of the molecule is CCOc1c(CN(C)C(=O)C=Cc2cnc3[nH]c(=O)cc(O)c3c2)cccc1OC. The molecular formula is C22H23N3O5. The monoisotopic (exact) mass is 409 g/mol. The minimum Gasteiger partial charge on any atom is -0.507 e. The molecule has 0 saturated heterocycles. The summed E-state index contributed by atoms with van der Waals surface area (Å²) < 4.78 is 11.0. The van der Waals surface area contributed by atoms with Gasteiger partial charge in [-0.15, -0.1) is 0 Å². The Morgan fingerprint density at radius 2 is 2.13 bits per heavy atom. The number of para-hydroxylation sites is 1. The lowest BCUT2D eigenvalue weighted by molar-refractivity contribution is -0.125. The van der Waals surface area contributed by atoms with Crippen molar-refractivity contribution < 1.29 is 19.4 Å². The Bertz CT molecular complexity index is 1150. The van der Waals surface area contributed by atoms with Crippen molar-refractivity contribution in [1.82, 2.24) is 14.9 Å². The largest absolute Gasteiger partial charge is 0.507 e. The molecule has 1 amide bonds. The summed E-state index contributed by atoms with van der Waals surface area (Å²) >= 11 is 0. The number of amides is 1. The van der Waals surface area contributed by atoms with Crippen LogP contribution < -0.4 is 15.0 Å². The van der Waals surface area contributed by atoms with Crippen LogP contribution in [0.3, 0.4) is 0 Å². The van der Waals surface area contributed by atoms with Crippen molar-refractivity contribution in [1.29, 1.82) is 0 Å². The third-order valence-corrected chi connectivity index (χ3v) is 4.47. The highest BCUT2D eigenvalue weighted by Crippen LogP contribution is 2.31. The Labute approximate surface area is 173 Å². The van der Waals surface area contributed by atoms with E-state index in [2.05, 4.69) is 9.97 Å². The lowest BCUT2D eigenvalue weighted by Crippen LogP contribution is -2.24. The number of hydrogen-bond acceptors (Lipinski definition) is 6. The molecule has 0 bridgehead atoms. The standard InChI is InChI=1S/C22H23N3O5/c1-4-30-21-15(6-5-7-18(21)29-3)13-25(2)20(28)9-8-14-10-16-17(26)11-19(27)24-22(16)23-12-14/h5-12H,4,13H2,1-3H3,(H2,23,24,26,27). The number of carbonyl (C=O) groups is 1. The number of hydrogen-bond donors (Lipinski definition) is 2. The Hall–Kier alpha value is -3.81. The van der Waals surface area contributed by atoms with Crippen LogP contribution in [-0.2, 0) is 11.3 Å². The maximum atomic E-state index is 12.6. The van der Waals surface area contributed by atoms with Crippen LogP contribution in [-0.4, -0.2) is 46.6 Å². The normalized spacial score (nSPS) is 11.0. The molecule has 8 nitrogen and oxygen atoms in total. The summed E-state index contributed by atoms with van der Waals surface area (Å²) in [4.78, 5) is 32.2. The molecule has 0 aliphatic heterocycles. The van der Waals surface area contributed by atoms with Crippen molar-refractivity contribution in [2.45, 2.75) is 13.5 Å². The smallest absolute Gasteiger partial charge is 0.253 e. The number of likely N-dealkylation sites (N-methyl/N-ethyl adjacent to an activating group) is 1. The number of carbonyl (C=O) groups excluding carboxylic acids is 1. The average Bonchev–Trinajstić information content (AvgIpc) is 2.73. The topological polar surface area (TPSA) is 105 Å². The molecule has 0 atom stereocenters. The Balaban J connectivity index is 1.77. The van der Waals surface area contributed by atoms with E-state index in [1.165, 1.54) is 12.3 Å². The van der Waals surface area contributed by atoms with Crippen LogP contribution in [0.1, 0.15) is 18.1 Å². The maximum Gasteiger partial charge on any atom is 0.253 e. The fourth-order valence-corrected chi connectivity index (χ4v) is 3.00. The molecular weight excluding hydrogens is 386 g/mol. The number of aromatic hydroxyl groups is 1. The van der Waals surface area contributed by atoms with Crippen molar-refractivity contribution in [3.8, 4) is 17.2 Å². The summed E-state index contributed by atoms with van der Waals surface area (Å²) in [6, 6.07) is 8.28. The van der Waals surface area contributed by atoms with Crippen molar-refractivity contribution in [2.75, 3.05) is 20.8 Å². The van der Waals surface area contributed by atoms with Gasteiger partial charge in [-0.25, -0.2) is 4.98 Å². The first-order valence-corrected chi connectivity index (χ1v) is 9.36. The fourth-order valence-electron chi connectivity index (χ4n) is 3.00. The number of rotatable bonds is 7. The van der Waals surface area contributed by atoms with Crippen LogP contribution in [0.25, 0.3) is 17.1 Å². The number of H-pyrrole nitrogens is 1. The molecule has 0 saturated carbocycles. The van der Waals surface area contributed by atoms with Gasteiger partial charge < -0.3 is 24.5 Å². The summed E-state index contributed by atoms with van der Waals surface area (Å²) in [5.41, 5.74) is 1.29. The zero-order valence-corrected chi connectivity index (χ0v) is 17.0. The molecule has 0 aliphatic rings. The molecule has 2 N–H and O–H groups in total. The van der Waals surface area contributed by atoms with Gasteiger partial charge in [-0.05, 0) is 30.7 Å². The molecule has 0 spiro atoms. The number of pyridine rings is 2. The number of methoxy groups -OCH3 is 1. The van der Waals surface area contributed by atoms with Crippen LogP contribution in [0.2, 0.25) is 0 Å². The van der Waals surface area contributed by atoms with E-state index in [1.54, 1.807) is 31.2 Å². The van der Waals surface area contributed by atoms with Gasteiger partial charge in [0.2, 0.25) is 5.91 Å². The molecule has 8 heteroatoms. The number of nitrogens with zero attached hydrogens (tertiary/aromatic N) is 2. The maximum absolute atomic E-state index is 12.6. The van der Waals surface area contributed by atoms with E-state index in [9.17, 15) is 14.7 Å². The number of ether oxygens (including phenoxy) is 2. The van der Waals surface area contributed by atoms with Crippen LogP contribution in [0.5, 0.6) is 17.2 Å². The van der Waals surface area contributed by atoms with Crippen molar-refractivity contribution in [3.05, 3.63) is 64.1 Å². The van der Waals surface area contributed by atoms with Crippen LogP contribution in [0.4, 0.5) is 0 Å². The zero-order valence-electron chi connectivity index (χ0n) is 17.0. The second kappa shape index (κ2) is 9.13. The number of benzene rings is 1. The summed E-state index contributed by atoms with van der Waals surface area (Å²) in [6.07, 6.45) is 4.54. The molecule has 2 aromatic heterocycles. The highest BCUT2D eigenvalue weighted by Gasteiger charge is 2.14. The van der Waals surface area contributed by atoms with Crippen molar-refractivity contribution in [3.63, 3.8) is 0 Å². The second-order valence-corrected chi connectivity index (χ2v) is 6.59. The van der Waals surface area contributed by atoms with E-state index in [-0.39, 0.29) is 17.3 Å². The van der Waals surface area contributed by atoms with Gasteiger partial charge in [0.1, 0.15) is 11.4 Å². The van der Waals surface area contributed by atoms with Gasteiger partial charge in [-0.1, -0.05) is 12.1 Å². The fraction of sp³-hybridized carbons (Fsp3) is 0.227. The van der Waals surface area contributed by atoms with E-state index in [4.69, 9.17) is 9.47 Å². The van der Waals surface area contributed by atoms with Gasteiger partial charge in [0.25, 0.3) is 5.56 Å². The first-order chi connectivity index (χ1) is 14.4. The lowest BCUT2D eigenvalue weighted by Gasteiger charge is -2.19. The van der Waals surface area contributed by atoms with Gasteiger partial charge in [0.15, 0.2) is 11.5 Å². The zero-order chi connectivity index (χ0) is 21.7. The van der Waals surface area contributed by atoms with Gasteiger partial charge in [0.05, 0.1) is 19.1 Å². The Morgan fingerprint density at radius 3 is 2.87 bits per heavy atom. The number of aromatic nitrogens is 2. The van der Waals surface area contributed by atoms with Crippen LogP contribution in [0, 0.1) is 0 Å². The van der Waals surface area contributed by atoms with E-state index < -0.39 is 5.56 Å². The highest BCUT2D eigenvalue weighted by atomic mass is 16.5. The Kier molecular flexibility index (Phi) is 6.36. The van der Waals surface area contributed by atoms with Gasteiger partial charge >= 0.3 is 0 Å². The molecule has 0 fully saturated rings. The molecule has 2 heterocycles. The highest BCUT2D eigenvalue weighted by molar-refractivity contribution is 5.92. The Morgan fingerprint density at radius 1 is 1.33 bits per heavy atom. The summed E-state index contributed by atoms with van der Waals surface area (Å²) in [7, 11) is 3.27. The molecule has 0 radical (unpaired) electrons. The van der Waals surface area contributed by atoms with Crippen LogP contribution in [0.15, 0.2) is 47.4 Å². The van der Waals surface area contributed by atoms with E-state index in [0.29, 0.717) is 35.6 Å². The molecule has 30 heavy (non-hydrogen) atoms. The van der Waals surface area contributed by atoms with E-state index in [1.807, 2.05) is 25.1 Å². The number of fused-ring (bicyclic) bond motifs is 1. The molecule has 1 aromatic carbocycles. The minimum absolute atomic E-state index is 0.165. The van der Waals surface area contributed by atoms with Crippen LogP contribution >= 0.6 is 0 Å². The number of nitrogens with one attached hydrogen (secondary N) is 1. The van der Waals surface area contributed by atoms with Crippen molar-refractivity contribution >= 4 is 23.0 Å². The quantitative estimate of drug-likeness (QED) is 0.582. The third kappa shape index (κ3) is 4.60. The first-order valence-electron chi connectivity index (χ1n) is 9.36. The van der Waals surface area contributed by atoms with E-state index in [0.717, 1.165) is 11.6 Å². The molecule has 0 aliphatic carbocycles. The molecule has 3 rings (SSSR count). The predicted molar refractivity (Wildman–Crippen MR) is 114 cm³/mol. The third-order valence-electron chi connectivity index (χ3n) is 4.47. The van der Waals surface area contributed by atoms with Gasteiger partial charge in [0, 0.05) is 37.5 Å². The number of aromatic amines is 1. The minimum atomic E-state index is -0.434. The van der Waals surface area contributed by atoms with E-state index >= 15 is 0 Å². The van der Waals surface area contributed by atoms with Gasteiger partial charge in [-0.2, -0.15) is 0 Å². The first kappa shape index (κ1) is 20.9. The second-order valence-electron chi connectivity index (χ2n) is 6.59. The average molecular weight is 409 g/mol. The summed E-state index contributed by atoms with van der Waals surface area (Å²) in [5.74, 6) is 0.854. The van der Waals surface area contributed by atoms with Crippen molar-refractivity contribution in [2.24, 2.45) is 0 Å². The molecule has 3 aromatic rings. The summed E-state index contributed by atoms with van der Waals surface area (Å²) in [6.45, 7) is 2.71.